The van der Waals surface area contributed by atoms with Crippen molar-refractivity contribution in [3.8, 4) is 17.1 Å². The molecule has 0 amide bonds. The van der Waals surface area contributed by atoms with Crippen LogP contribution in [0.5, 0.6) is 5.75 Å². The summed E-state index contributed by atoms with van der Waals surface area (Å²) in [7, 11) is 1.67. The number of nitrogens with one attached hydrogen (secondary N) is 1. The zero-order chi connectivity index (χ0) is 42.8. The summed E-state index contributed by atoms with van der Waals surface area (Å²) < 4.78 is 34.0. The fraction of sp³-hybridized carbons (Fsp3) is 0.680. The van der Waals surface area contributed by atoms with Gasteiger partial charge in [0.25, 0.3) is 0 Å². The van der Waals surface area contributed by atoms with E-state index in [0.717, 1.165) is 74.4 Å². The van der Waals surface area contributed by atoms with Crippen molar-refractivity contribution < 1.29 is 28.5 Å². The summed E-state index contributed by atoms with van der Waals surface area (Å²) >= 11 is 0. The van der Waals surface area contributed by atoms with Crippen LogP contribution in [0, 0.1) is 56.7 Å². The lowest BCUT2D eigenvalue weighted by Crippen LogP contribution is -2.69. The zero-order valence-corrected chi connectivity index (χ0v) is 37.8. The third kappa shape index (κ3) is 6.81. The van der Waals surface area contributed by atoms with Crippen LogP contribution in [0.3, 0.4) is 0 Å². The second kappa shape index (κ2) is 16.2. The predicted octanol–water partition coefficient (Wildman–Crippen LogP) is 8.51. The molecule has 11 heteroatoms. The molecular formula is C50H69N5O6. The molecule has 0 radical (unpaired) electrons. The largest absolute Gasteiger partial charge is 0.497 e. The lowest BCUT2D eigenvalue weighted by Gasteiger charge is -2.71. The van der Waals surface area contributed by atoms with E-state index in [9.17, 15) is 0 Å². The Bertz CT molecular complexity index is 2070. The molecule has 2 bridgehead atoms. The van der Waals surface area contributed by atoms with E-state index < -0.39 is 0 Å². The molecule has 4 heterocycles. The number of hydrogen-bond donors (Lipinski definition) is 1. The molecule has 6 aliphatic rings. The van der Waals surface area contributed by atoms with Gasteiger partial charge in [0.2, 0.25) is 0 Å². The smallest absolute Gasteiger partial charge is 0.310 e. The van der Waals surface area contributed by atoms with E-state index in [2.05, 4.69) is 69.5 Å². The first-order valence-electron chi connectivity index (χ1n) is 23.1. The van der Waals surface area contributed by atoms with Gasteiger partial charge in [0.15, 0.2) is 5.82 Å². The van der Waals surface area contributed by atoms with Crippen LogP contribution in [0.15, 0.2) is 66.8 Å². The summed E-state index contributed by atoms with van der Waals surface area (Å²) in [6.07, 6.45) is 13.7. The summed E-state index contributed by atoms with van der Waals surface area (Å²) in [5.41, 5.74) is 2.36. The minimum absolute atomic E-state index is 0.0538. The van der Waals surface area contributed by atoms with E-state index in [4.69, 9.17) is 33.8 Å². The van der Waals surface area contributed by atoms with Crippen molar-refractivity contribution >= 4 is 5.97 Å². The Morgan fingerprint density at radius 1 is 0.984 bits per heavy atom. The van der Waals surface area contributed by atoms with Gasteiger partial charge in [-0.1, -0.05) is 72.2 Å². The first-order chi connectivity index (χ1) is 29.3. The Hall–Kier alpha value is -3.64. The molecule has 1 N–H and O–H groups in total. The van der Waals surface area contributed by atoms with Crippen molar-refractivity contribution in [3.05, 3.63) is 72.3 Å². The molecule has 3 saturated carbocycles. The lowest BCUT2D eigenvalue weighted by atomic mass is 9.34. The fourth-order valence-corrected chi connectivity index (χ4v) is 14.2. The van der Waals surface area contributed by atoms with Gasteiger partial charge in [0.1, 0.15) is 18.7 Å². The molecule has 2 aliphatic heterocycles. The number of carbonyl (C=O) groups is 1. The minimum Gasteiger partial charge on any atom is -0.497 e. The van der Waals surface area contributed by atoms with Crippen LogP contribution in [-0.4, -0.2) is 84.6 Å². The molecule has 1 aromatic carbocycles. The van der Waals surface area contributed by atoms with Gasteiger partial charge < -0.3 is 29.0 Å². The first-order valence-corrected chi connectivity index (χ1v) is 23.1. The second-order valence-corrected chi connectivity index (χ2v) is 21.0. The van der Waals surface area contributed by atoms with Crippen molar-refractivity contribution in [2.24, 2.45) is 56.7 Å². The number of morpholine rings is 1. The molecular weight excluding hydrogens is 767 g/mol. The molecule has 0 spiro atoms. The summed E-state index contributed by atoms with van der Waals surface area (Å²) in [4.78, 5) is 24.2. The Labute approximate surface area is 363 Å². The van der Waals surface area contributed by atoms with Gasteiger partial charge in [-0.3, -0.25) is 9.78 Å². The van der Waals surface area contributed by atoms with Gasteiger partial charge in [0, 0.05) is 35.3 Å². The maximum Gasteiger partial charge on any atom is 0.310 e. The van der Waals surface area contributed by atoms with Crippen molar-refractivity contribution in [1.82, 2.24) is 25.1 Å². The first kappa shape index (κ1) is 42.7. The Kier molecular flexibility index (Phi) is 11.3. The number of carbonyl (C=O) groups excluding carboxylic acids is 1. The van der Waals surface area contributed by atoms with Gasteiger partial charge in [-0.25, -0.2) is 9.67 Å². The van der Waals surface area contributed by atoms with Gasteiger partial charge >= 0.3 is 5.97 Å². The quantitative estimate of drug-likeness (QED) is 0.149. The standard InChI is InChI=1S/C50H69N5O6/c1-32(2)33(3)46(4)19-20-48(6)38-13-14-41-47(5)29-59-30-50(41,39(38)15-18-49(48,7)42(46)45(56)61-26-34-9-11-37(57-8)12-10-34)25-40(43(47)60-28-36-27-58-24-23-52-36)55-44(53-31-54-55)35-16-21-51-22-17-35/h9-12,15-17,21-22,31-33,36,38,40-43,52H,13-14,18-20,23-30H2,1-8H3/t33-,36?,38+,40-,41+,42-,43+,46-,47-,48-,49+,50+/m1/s1. The summed E-state index contributed by atoms with van der Waals surface area (Å²) in [5.74, 6) is 2.76. The van der Waals surface area contributed by atoms with Crippen LogP contribution < -0.4 is 10.1 Å². The normalized spacial score (nSPS) is 38.7. The molecule has 11 nitrogen and oxygen atoms in total. The van der Waals surface area contributed by atoms with Gasteiger partial charge in [-0.05, 0) is 108 Å². The van der Waals surface area contributed by atoms with Gasteiger partial charge in [-0.15, -0.1) is 0 Å². The number of hydrogen-bond acceptors (Lipinski definition) is 10. The average Bonchev–Trinajstić information content (AvgIpc) is 3.76. The molecule has 5 fully saturated rings. The maximum absolute atomic E-state index is 15.0. The number of esters is 1. The maximum atomic E-state index is 15.0. The van der Waals surface area contributed by atoms with E-state index in [0.29, 0.717) is 50.1 Å². The van der Waals surface area contributed by atoms with E-state index in [1.165, 1.54) is 0 Å². The Morgan fingerprint density at radius 2 is 1.77 bits per heavy atom. The highest BCUT2D eigenvalue weighted by Crippen LogP contribution is 2.75. The van der Waals surface area contributed by atoms with Gasteiger partial charge in [-0.2, -0.15) is 5.10 Å². The monoisotopic (exact) mass is 836 g/mol. The second-order valence-electron chi connectivity index (χ2n) is 21.0. The van der Waals surface area contributed by atoms with Crippen molar-refractivity contribution in [2.75, 3.05) is 46.7 Å². The number of nitrogens with zero attached hydrogens (tertiary/aromatic N) is 4. The zero-order valence-electron chi connectivity index (χ0n) is 37.8. The highest BCUT2D eigenvalue weighted by Gasteiger charge is 2.72. The molecule has 2 aromatic heterocycles. The molecule has 12 atom stereocenters. The molecule has 3 aromatic rings. The van der Waals surface area contributed by atoms with E-state index in [1.807, 2.05) is 48.8 Å². The number of rotatable bonds is 11. The number of ether oxygens (including phenoxy) is 5. The van der Waals surface area contributed by atoms with Crippen LogP contribution in [0.2, 0.25) is 0 Å². The third-order valence-electron chi connectivity index (χ3n) is 17.9. The van der Waals surface area contributed by atoms with Crippen molar-refractivity contribution in [3.63, 3.8) is 0 Å². The SMILES string of the molecule is COc1ccc(COC(=O)[C@@H]2[C@@](C)([C@H](C)C(C)C)CC[C@]3(C)[C@H]4CC[C@@H]5[C@@]6(COC[C@@]5(C)[C@@H](OCC5COCCN5)[C@H](n5ncnc5-c5ccncc5)C6)C4=CC[C@@]23C)cc1. The molecule has 330 valence electrons. The number of methoxy groups -OCH3 is 1. The van der Waals surface area contributed by atoms with Crippen LogP contribution in [0.1, 0.15) is 98.6 Å². The molecule has 4 aliphatic carbocycles. The topological polar surface area (TPSA) is 119 Å². The third-order valence-corrected chi connectivity index (χ3v) is 17.9. The van der Waals surface area contributed by atoms with Crippen molar-refractivity contribution in [2.45, 2.75) is 112 Å². The molecule has 1 unspecified atom stereocenters. The van der Waals surface area contributed by atoms with Crippen molar-refractivity contribution in [1.29, 1.82) is 0 Å². The van der Waals surface area contributed by atoms with Crippen LogP contribution in [0.4, 0.5) is 0 Å². The van der Waals surface area contributed by atoms with Crippen LogP contribution >= 0.6 is 0 Å². The highest BCUT2D eigenvalue weighted by molar-refractivity contribution is 5.75. The number of pyridine rings is 1. The Morgan fingerprint density at radius 3 is 2.49 bits per heavy atom. The summed E-state index contributed by atoms with van der Waals surface area (Å²) in [5, 5.41) is 8.64. The predicted molar refractivity (Wildman–Crippen MR) is 233 cm³/mol. The molecule has 61 heavy (non-hydrogen) atoms. The minimum atomic E-state index is -0.314. The lowest BCUT2D eigenvalue weighted by molar-refractivity contribution is -0.252. The fourth-order valence-electron chi connectivity index (χ4n) is 14.2. The summed E-state index contributed by atoms with van der Waals surface area (Å²) in [6, 6.07) is 12.0. The highest BCUT2D eigenvalue weighted by atomic mass is 16.5. The van der Waals surface area contributed by atoms with E-state index in [1.54, 1.807) is 19.0 Å². The Balaban J connectivity index is 1.11. The summed E-state index contributed by atoms with van der Waals surface area (Å²) in [6.45, 7) is 21.1. The number of aromatic nitrogens is 4. The van der Waals surface area contributed by atoms with E-state index in [-0.39, 0.29) is 63.8 Å². The number of benzene rings is 1. The molecule has 2 saturated heterocycles. The van der Waals surface area contributed by atoms with Crippen LogP contribution in [-0.2, 0) is 30.3 Å². The number of allylic oxidation sites excluding steroid dienone is 1. The van der Waals surface area contributed by atoms with Gasteiger partial charge in [0.05, 0.1) is 64.2 Å². The molecule has 9 rings (SSSR count). The average molecular weight is 836 g/mol. The van der Waals surface area contributed by atoms with Crippen LogP contribution in [0.25, 0.3) is 11.4 Å². The number of fused-ring (bicyclic) bond motifs is 3. The van der Waals surface area contributed by atoms with E-state index >= 15 is 4.79 Å².